The van der Waals surface area contributed by atoms with E-state index in [9.17, 15) is 19.4 Å². The molecule has 0 fully saturated rings. The number of quaternary nitrogens is 1. The SMILES string of the molecule is CC/C=C\C/C=C\C/C=C\C/C=C\CCCCCCCCCCCCCCCCCCCCC(=O)NC(COP(=O)([O-])OCC[N+](C)(C)C)C(O)CCCCCCCCCCCCCCCCCC. The Kier molecular flexibility index (Phi) is 50.2. The van der Waals surface area contributed by atoms with Crippen LogP contribution in [-0.4, -0.2) is 68.5 Å². The molecule has 406 valence electrons. The number of nitrogens with zero attached hydrogens (tertiary/aromatic N) is 1. The van der Waals surface area contributed by atoms with Crippen LogP contribution in [0.3, 0.4) is 0 Å². The summed E-state index contributed by atoms with van der Waals surface area (Å²) >= 11 is 0. The van der Waals surface area contributed by atoms with Gasteiger partial charge in [-0.05, 0) is 51.4 Å². The van der Waals surface area contributed by atoms with E-state index in [-0.39, 0.29) is 19.1 Å². The average molecular weight is 992 g/mol. The number of carbonyl (C=O) groups excluding carboxylic acids is 1. The maximum absolute atomic E-state index is 13.0. The minimum absolute atomic E-state index is 0.0131. The number of unbranched alkanes of at least 4 members (excludes halogenated alkanes) is 33. The van der Waals surface area contributed by atoms with E-state index in [4.69, 9.17) is 9.05 Å². The van der Waals surface area contributed by atoms with Crippen molar-refractivity contribution in [2.75, 3.05) is 40.9 Å². The minimum atomic E-state index is -4.57. The maximum atomic E-state index is 13.0. The first-order chi connectivity index (χ1) is 33.5. The molecule has 0 spiro atoms. The fraction of sp³-hybridized carbons (Fsp3) is 0.850. The molecule has 1 amide bonds. The summed E-state index contributed by atoms with van der Waals surface area (Å²) in [4.78, 5) is 25.5. The molecule has 8 nitrogen and oxygen atoms in total. The van der Waals surface area contributed by atoms with Gasteiger partial charge < -0.3 is 28.8 Å². The zero-order valence-electron chi connectivity index (χ0n) is 46.3. The average Bonchev–Trinajstić information content (AvgIpc) is 3.31. The molecule has 0 aromatic carbocycles. The van der Waals surface area contributed by atoms with E-state index < -0.39 is 20.0 Å². The highest BCUT2D eigenvalue weighted by atomic mass is 31.2. The van der Waals surface area contributed by atoms with E-state index in [0.29, 0.717) is 23.9 Å². The Morgan fingerprint density at radius 1 is 0.522 bits per heavy atom. The van der Waals surface area contributed by atoms with Crippen molar-refractivity contribution in [2.45, 2.75) is 289 Å². The number of carbonyl (C=O) groups is 1. The zero-order valence-corrected chi connectivity index (χ0v) is 47.2. The van der Waals surface area contributed by atoms with Gasteiger partial charge in [-0.3, -0.25) is 9.36 Å². The van der Waals surface area contributed by atoms with Gasteiger partial charge in [0.15, 0.2) is 0 Å². The Morgan fingerprint density at radius 3 is 1.29 bits per heavy atom. The van der Waals surface area contributed by atoms with Gasteiger partial charge in [0, 0.05) is 6.42 Å². The van der Waals surface area contributed by atoms with Crippen molar-refractivity contribution >= 4 is 13.7 Å². The quantitative estimate of drug-likeness (QED) is 0.0272. The molecule has 0 saturated heterocycles. The molecule has 0 aliphatic rings. The van der Waals surface area contributed by atoms with Gasteiger partial charge in [-0.15, -0.1) is 0 Å². The summed E-state index contributed by atoms with van der Waals surface area (Å²) in [5, 5.41) is 14.0. The van der Waals surface area contributed by atoms with Crippen molar-refractivity contribution in [2.24, 2.45) is 0 Å². The molecule has 0 bridgehead atoms. The predicted octanol–water partition coefficient (Wildman–Crippen LogP) is 17.3. The summed E-state index contributed by atoms with van der Waals surface area (Å²) in [5.41, 5.74) is 0. The van der Waals surface area contributed by atoms with E-state index in [0.717, 1.165) is 64.2 Å². The number of nitrogens with one attached hydrogen (secondary N) is 1. The number of likely N-dealkylation sites (N-methyl/N-ethyl adjacent to an activating group) is 1. The Bertz CT molecular complexity index is 1260. The number of allylic oxidation sites excluding steroid dienone is 8. The highest BCUT2D eigenvalue weighted by Gasteiger charge is 2.24. The number of rotatable bonds is 54. The Morgan fingerprint density at radius 2 is 0.884 bits per heavy atom. The summed E-state index contributed by atoms with van der Waals surface area (Å²) in [6, 6.07) is -0.800. The van der Waals surface area contributed by atoms with E-state index >= 15 is 0 Å². The Balaban J connectivity index is 4.04. The number of phosphoric ester groups is 1. The summed E-state index contributed by atoms with van der Waals surface area (Å²) in [7, 11) is 1.31. The van der Waals surface area contributed by atoms with Crippen molar-refractivity contribution in [3.63, 3.8) is 0 Å². The largest absolute Gasteiger partial charge is 0.756 e. The Labute approximate surface area is 429 Å². The van der Waals surface area contributed by atoms with Crippen molar-refractivity contribution in [3.05, 3.63) is 48.6 Å². The van der Waals surface area contributed by atoms with Crippen LogP contribution in [0.5, 0.6) is 0 Å². The molecule has 0 aromatic rings. The molecule has 69 heavy (non-hydrogen) atoms. The highest BCUT2D eigenvalue weighted by Crippen LogP contribution is 2.38. The van der Waals surface area contributed by atoms with Gasteiger partial charge in [0.25, 0.3) is 7.82 Å². The fourth-order valence-corrected chi connectivity index (χ4v) is 9.46. The van der Waals surface area contributed by atoms with Crippen LogP contribution in [0, 0.1) is 0 Å². The first-order valence-corrected chi connectivity index (χ1v) is 30.9. The first kappa shape index (κ1) is 67.5. The van der Waals surface area contributed by atoms with E-state index in [1.807, 2.05) is 21.1 Å². The lowest BCUT2D eigenvalue weighted by Crippen LogP contribution is -2.46. The fourth-order valence-electron chi connectivity index (χ4n) is 8.74. The van der Waals surface area contributed by atoms with Crippen LogP contribution in [0.1, 0.15) is 277 Å². The molecule has 3 unspecified atom stereocenters. The van der Waals surface area contributed by atoms with Gasteiger partial charge >= 0.3 is 0 Å². The van der Waals surface area contributed by atoms with Crippen molar-refractivity contribution in [1.82, 2.24) is 5.32 Å². The second-order valence-electron chi connectivity index (χ2n) is 21.3. The minimum Gasteiger partial charge on any atom is -0.756 e. The van der Waals surface area contributed by atoms with Crippen LogP contribution >= 0.6 is 7.82 Å². The first-order valence-electron chi connectivity index (χ1n) is 29.5. The molecular weight excluding hydrogens is 876 g/mol. The zero-order chi connectivity index (χ0) is 50.6. The van der Waals surface area contributed by atoms with Gasteiger partial charge in [-0.25, -0.2) is 0 Å². The van der Waals surface area contributed by atoms with E-state index in [1.165, 1.54) is 186 Å². The van der Waals surface area contributed by atoms with Crippen LogP contribution in [0.2, 0.25) is 0 Å². The normalized spacial score (nSPS) is 14.2. The standard InChI is InChI=1S/C60H115N2O6P/c1-6-8-10-12-14-16-18-20-22-24-25-26-27-28-29-30-31-32-33-34-35-36-37-38-40-42-44-46-48-50-52-54-60(64)61-58(57-68-69(65,66)67-56-55-62(3,4)5)59(63)53-51-49-47-45-43-41-39-23-21-19-17-15-13-11-9-7-2/h8,10,14,16,20,22,25-26,58-59,63H,6-7,9,11-13,15,17-19,21,23-24,27-57H2,1-5H3,(H-,61,64,65,66)/b10-8-,16-14-,22-20-,26-25-. The smallest absolute Gasteiger partial charge is 0.268 e. The number of aliphatic hydroxyl groups is 1. The molecule has 0 rings (SSSR count). The van der Waals surface area contributed by atoms with Crippen LogP contribution in [0.15, 0.2) is 48.6 Å². The number of hydrogen-bond donors (Lipinski definition) is 2. The van der Waals surface area contributed by atoms with Crippen LogP contribution in [0.4, 0.5) is 0 Å². The van der Waals surface area contributed by atoms with Crippen molar-refractivity contribution in [3.8, 4) is 0 Å². The van der Waals surface area contributed by atoms with E-state index in [2.05, 4.69) is 67.8 Å². The second kappa shape index (κ2) is 51.4. The topological polar surface area (TPSA) is 108 Å². The Hall–Kier alpha value is -1.54. The van der Waals surface area contributed by atoms with Gasteiger partial charge in [0.05, 0.1) is 39.9 Å². The van der Waals surface area contributed by atoms with Crippen molar-refractivity contribution < 1.29 is 32.9 Å². The molecule has 0 aliphatic heterocycles. The van der Waals surface area contributed by atoms with Gasteiger partial charge in [0.2, 0.25) is 5.91 Å². The third-order valence-electron chi connectivity index (χ3n) is 13.3. The molecule has 2 N–H and O–H groups in total. The molecule has 9 heteroatoms. The monoisotopic (exact) mass is 991 g/mol. The molecule has 0 aliphatic carbocycles. The van der Waals surface area contributed by atoms with Gasteiger partial charge in [0.1, 0.15) is 13.2 Å². The van der Waals surface area contributed by atoms with E-state index in [1.54, 1.807) is 0 Å². The second-order valence-corrected chi connectivity index (χ2v) is 22.7. The number of hydrogen-bond acceptors (Lipinski definition) is 6. The summed E-state index contributed by atoms with van der Waals surface area (Å²) in [6.07, 6.45) is 67.2. The number of amides is 1. The number of phosphoric acid groups is 1. The van der Waals surface area contributed by atoms with Gasteiger partial charge in [-0.2, -0.15) is 0 Å². The summed E-state index contributed by atoms with van der Waals surface area (Å²) < 4.78 is 23.4. The molecule has 3 atom stereocenters. The van der Waals surface area contributed by atoms with Crippen LogP contribution in [0.25, 0.3) is 0 Å². The molecule has 0 heterocycles. The molecular formula is C60H115N2O6P. The summed E-state index contributed by atoms with van der Waals surface area (Å²) in [6.45, 7) is 4.64. The van der Waals surface area contributed by atoms with Crippen LogP contribution < -0.4 is 10.2 Å². The summed E-state index contributed by atoms with van der Waals surface area (Å²) in [5.74, 6) is -0.162. The highest BCUT2D eigenvalue weighted by molar-refractivity contribution is 7.45. The predicted molar refractivity (Wildman–Crippen MR) is 298 cm³/mol. The lowest BCUT2D eigenvalue weighted by atomic mass is 10.0. The lowest BCUT2D eigenvalue weighted by molar-refractivity contribution is -0.870. The molecule has 0 saturated carbocycles. The lowest BCUT2D eigenvalue weighted by Gasteiger charge is -2.30. The third kappa shape index (κ3) is 54.1. The van der Waals surface area contributed by atoms with Crippen molar-refractivity contribution in [1.29, 1.82) is 0 Å². The third-order valence-corrected chi connectivity index (χ3v) is 14.3. The van der Waals surface area contributed by atoms with Crippen LogP contribution in [-0.2, 0) is 18.4 Å². The number of aliphatic hydroxyl groups excluding tert-OH is 1. The van der Waals surface area contributed by atoms with Gasteiger partial charge in [-0.1, -0.05) is 268 Å². The maximum Gasteiger partial charge on any atom is 0.268 e. The molecule has 0 radical (unpaired) electrons. The molecule has 0 aromatic heterocycles.